The Balaban J connectivity index is 1.39. The summed E-state index contributed by atoms with van der Waals surface area (Å²) in [7, 11) is 0. The maximum absolute atomic E-state index is 13.7. The summed E-state index contributed by atoms with van der Waals surface area (Å²) in [5.74, 6) is 0.718. The molecule has 1 aromatic carbocycles. The van der Waals surface area contributed by atoms with Gasteiger partial charge >= 0.3 is 0 Å². The van der Waals surface area contributed by atoms with E-state index in [1.54, 1.807) is 29.5 Å². The third-order valence-electron chi connectivity index (χ3n) is 6.27. The molecule has 3 N–H and O–H groups in total. The molecule has 2 unspecified atom stereocenters. The van der Waals surface area contributed by atoms with E-state index >= 15 is 0 Å². The van der Waals surface area contributed by atoms with Gasteiger partial charge in [-0.1, -0.05) is 0 Å². The third-order valence-corrected chi connectivity index (χ3v) is 6.27. The van der Waals surface area contributed by atoms with Gasteiger partial charge in [0.15, 0.2) is 0 Å². The number of pyridine rings is 1. The molecule has 4 aromatic rings. The monoisotopic (exact) mass is 433 g/mol. The Morgan fingerprint density at radius 3 is 2.94 bits per heavy atom. The van der Waals surface area contributed by atoms with Gasteiger partial charge in [-0.05, 0) is 24.3 Å². The van der Waals surface area contributed by atoms with Crippen molar-refractivity contribution in [2.45, 2.75) is 25.4 Å². The van der Waals surface area contributed by atoms with Gasteiger partial charge in [0.2, 0.25) is 0 Å². The fraction of sp³-hybridized carbons (Fsp3) is 0.286. The zero-order chi connectivity index (χ0) is 21.8. The van der Waals surface area contributed by atoms with Crippen LogP contribution in [0.2, 0.25) is 0 Å². The van der Waals surface area contributed by atoms with Gasteiger partial charge in [-0.15, -0.1) is 0 Å². The highest BCUT2D eigenvalue weighted by atomic mass is 19.1. The molecule has 0 radical (unpaired) electrons. The van der Waals surface area contributed by atoms with Crippen LogP contribution in [0.3, 0.4) is 0 Å². The molecule has 0 aliphatic carbocycles. The summed E-state index contributed by atoms with van der Waals surface area (Å²) in [6, 6.07) is 6.37. The van der Waals surface area contributed by atoms with Crippen LogP contribution in [0.1, 0.15) is 12.0 Å². The zero-order valence-electron chi connectivity index (χ0n) is 17.0. The molecular weight excluding hydrogens is 413 g/mol. The number of carbonyl (C=O) groups excluding carboxylic acids is 1. The average Bonchev–Trinajstić information content (AvgIpc) is 3.45. The Morgan fingerprint density at radius 1 is 1.16 bits per heavy atom. The number of nitrogens with zero attached hydrogens (tertiary/aromatic N) is 7. The van der Waals surface area contributed by atoms with Gasteiger partial charge in [0.05, 0.1) is 36.9 Å². The summed E-state index contributed by atoms with van der Waals surface area (Å²) in [5, 5.41) is 12.8. The van der Waals surface area contributed by atoms with Crippen molar-refractivity contribution in [2.24, 2.45) is 11.7 Å². The van der Waals surface area contributed by atoms with E-state index in [0.29, 0.717) is 36.4 Å². The van der Waals surface area contributed by atoms with Crippen LogP contribution in [0, 0.1) is 11.7 Å². The highest BCUT2D eigenvalue weighted by Crippen LogP contribution is 2.37. The number of carbonyl (C=O) groups is 1. The lowest BCUT2D eigenvalue weighted by Crippen LogP contribution is -2.56. The fourth-order valence-electron chi connectivity index (χ4n) is 4.59. The third kappa shape index (κ3) is 2.89. The van der Waals surface area contributed by atoms with Gasteiger partial charge in [0, 0.05) is 29.3 Å². The van der Waals surface area contributed by atoms with Gasteiger partial charge in [-0.3, -0.25) is 9.88 Å². The number of nitrogens with two attached hydrogens (primary N) is 1. The number of hydrogen-bond donors (Lipinski definition) is 2. The van der Waals surface area contributed by atoms with Crippen molar-refractivity contribution >= 4 is 23.0 Å². The Bertz CT molecular complexity index is 1330. The summed E-state index contributed by atoms with van der Waals surface area (Å²) in [5.41, 5.74) is 8.75. The number of benzene rings is 1. The molecule has 162 valence electrons. The average molecular weight is 433 g/mol. The Kier molecular flexibility index (Phi) is 4.26. The molecular formula is C21H20FN9O. The van der Waals surface area contributed by atoms with Gasteiger partial charge in [-0.25, -0.2) is 18.7 Å². The van der Waals surface area contributed by atoms with Crippen LogP contribution in [0.25, 0.3) is 22.0 Å². The van der Waals surface area contributed by atoms with Crippen LogP contribution >= 0.6 is 0 Å². The Hall–Kier alpha value is -3.70. The molecule has 10 nitrogen and oxygen atoms in total. The fourth-order valence-corrected chi connectivity index (χ4v) is 4.59. The first kappa shape index (κ1) is 19.0. The summed E-state index contributed by atoms with van der Waals surface area (Å²) >= 11 is 0. The summed E-state index contributed by atoms with van der Waals surface area (Å²) in [4.78, 5) is 22.9. The minimum absolute atomic E-state index is 0.319. The van der Waals surface area contributed by atoms with Crippen molar-refractivity contribution < 1.29 is 9.18 Å². The van der Waals surface area contributed by atoms with E-state index in [2.05, 4.69) is 30.4 Å². The number of halogens is 1. The Morgan fingerprint density at radius 2 is 2.06 bits per heavy atom. The molecule has 6 rings (SSSR count). The topological polar surface area (TPSA) is 120 Å². The van der Waals surface area contributed by atoms with Crippen molar-refractivity contribution in [3.05, 3.63) is 54.6 Å². The van der Waals surface area contributed by atoms with Crippen LogP contribution in [0.5, 0.6) is 0 Å². The second-order valence-corrected chi connectivity index (χ2v) is 8.08. The van der Waals surface area contributed by atoms with Crippen molar-refractivity contribution in [3.63, 3.8) is 0 Å². The van der Waals surface area contributed by atoms with Crippen molar-refractivity contribution in [3.8, 4) is 11.1 Å². The molecule has 2 aliphatic rings. The molecule has 0 spiro atoms. The lowest BCUT2D eigenvalue weighted by molar-refractivity contribution is -0.115. The number of nitrogens with one attached hydrogen (secondary N) is 1. The predicted octanol–water partition coefficient (Wildman–Crippen LogP) is 1.37. The largest absolute Gasteiger partial charge is 0.353 e. The molecule has 11 heteroatoms. The van der Waals surface area contributed by atoms with E-state index in [1.165, 1.54) is 12.1 Å². The molecule has 0 amide bonds. The quantitative estimate of drug-likeness (QED) is 0.465. The molecule has 0 saturated carbocycles. The van der Waals surface area contributed by atoms with E-state index in [9.17, 15) is 9.18 Å². The molecule has 2 aliphatic heterocycles. The summed E-state index contributed by atoms with van der Waals surface area (Å²) in [6.45, 7) is 1.93. The van der Waals surface area contributed by atoms with Crippen LogP contribution in [-0.2, 0) is 17.9 Å². The molecule has 3 atom stereocenters. The number of rotatable bonds is 3. The van der Waals surface area contributed by atoms with Gasteiger partial charge < -0.3 is 15.8 Å². The molecule has 5 heterocycles. The maximum Gasteiger partial charge on any atom is 0.141 e. The second-order valence-electron chi connectivity index (χ2n) is 8.08. The summed E-state index contributed by atoms with van der Waals surface area (Å²) < 4.78 is 17.2. The van der Waals surface area contributed by atoms with E-state index < -0.39 is 12.1 Å². The zero-order valence-corrected chi connectivity index (χ0v) is 17.0. The minimum Gasteiger partial charge on any atom is -0.353 e. The van der Waals surface area contributed by atoms with E-state index in [4.69, 9.17) is 5.73 Å². The highest BCUT2D eigenvalue weighted by molar-refractivity contribution is 5.86. The second kappa shape index (κ2) is 7.18. The predicted molar refractivity (Wildman–Crippen MR) is 114 cm³/mol. The van der Waals surface area contributed by atoms with E-state index in [1.807, 2.05) is 10.7 Å². The molecule has 0 bridgehead atoms. The number of fused-ring (bicyclic) bond motifs is 3. The molecule has 32 heavy (non-hydrogen) atoms. The molecule has 3 aromatic heterocycles. The number of aldehydes is 1. The van der Waals surface area contributed by atoms with Crippen LogP contribution in [-0.4, -0.2) is 53.4 Å². The minimum atomic E-state index is -0.631. The van der Waals surface area contributed by atoms with Crippen molar-refractivity contribution in [1.29, 1.82) is 0 Å². The highest BCUT2D eigenvalue weighted by Gasteiger charge is 2.40. The molecule has 0 fully saturated rings. The first-order chi connectivity index (χ1) is 15.6. The van der Waals surface area contributed by atoms with Gasteiger partial charge in [-0.2, -0.15) is 10.2 Å². The Labute approximate surface area is 181 Å². The number of anilines is 1. The molecule has 0 saturated heterocycles. The van der Waals surface area contributed by atoms with Crippen molar-refractivity contribution in [2.75, 3.05) is 11.9 Å². The van der Waals surface area contributed by atoms with Crippen LogP contribution in [0.15, 0.2) is 43.0 Å². The standard InChI is InChI=1S/C21H20FN9O/c22-14-1-2-17-12(6-14)5-13(7-24-17)15-8-26-31-19(23)16(10-32)20(28-21(15)31)29-3-4-30-18(9-29)25-11-27-30/h1-2,5-8,10-11,16,19-20,28H,3-4,9,23H2/t16?,19?,20-/m1/s1. The van der Waals surface area contributed by atoms with Crippen LogP contribution in [0.4, 0.5) is 10.2 Å². The van der Waals surface area contributed by atoms with Gasteiger partial charge in [0.1, 0.15) is 36.2 Å². The normalized spacial score (nSPS) is 22.9. The maximum atomic E-state index is 13.7. The smallest absolute Gasteiger partial charge is 0.141 e. The lowest BCUT2D eigenvalue weighted by atomic mass is 9.99. The van der Waals surface area contributed by atoms with E-state index in [-0.39, 0.29) is 12.0 Å². The number of aromatic nitrogens is 6. The summed E-state index contributed by atoms with van der Waals surface area (Å²) in [6.07, 6.45) is 4.89. The van der Waals surface area contributed by atoms with Crippen molar-refractivity contribution in [1.82, 2.24) is 34.4 Å². The van der Waals surface area contributed by atoms with E-state index in [0.717, 1.165) is 23.2 Å². The lowest BCUT2D eigenvalue weighted by Gasteiger charge is -2.43. The van der Waals surface area contributed by atoms with Crippen LogP contribution < -0.4 is 11.1 Å². The SMILES string of the molecule is NC1C(C=O)[C@@H](N2CCn3ncnc3C2)Nc2c(-c3cnc4ccc(F)cc4c3)cnn21. The first-order valence-corrected chi connectivity index (χ1v) is 10.3. The number of hydrogen-bond acceptors (Lipinski definition) is 8. The van der Waals surface area contributed by atoms with Gasteiger partial charge in [0.25, 0.3) is 0 Å². The first-order valence-electron chi connectivity index (χ1n) is 10.3.